The Hall–Kier alpha value is -3.45. The number of hydrogen-bond donors (Lipinski definition) is 2. The van der Waals surface area contributed by atoms with Gasteiger partial charge in [-0.2, -0.15) is 0 Å². The van der Waals surface area contributed by atoms with E-state index in [1.54, 1.807) is 36.7 Å². The molecule has 3 aromatic rings. The number of aliphatic imine (C=N–C) groups is 1. The van der Waals surface area contributed by atoms with Crippen molar-refractivity contribution in [1.82, 2.24) is 10.3 Å². The van der Waals surface area contributed by atoms with Gasteiger partial charge in [-0.3, -0.25) is 15.1 Å². The first-order valence-corrected chi connectivity index (χ1v) is 9.04. The van der Waals surface area contributed by atoms with Crippen LogP contribution in [0.1, 0.15) is 15.9 Å². The second-order valence-electron chi connectivity index (χ2n) is 5.96. The number of pyridine rings is 1. The van der Waals surface area contributed by atoms with E-state index in [1.165, 1.54) is 25.3 Å². The van der Waals surface area contributed by atoms with Gasteiger partial charge in [-0.15, -0.1) is 0 Å². The maximum atomic E-state index is 13.4. The minimum atomic E-state index is -0.499. The predicted molar refractivity (Wildman–Crippen MR) is 111 cm³/mol. The maximum absolute atomic E-state index is 13.4. The second kappa shape index (κ2) is 9.66. The number of methoxy groups -OCH3 is 1. The van der Waals surface area contributed by atoms with Crippen molar-refractivity contribution in [2.75, 3.05) is 12.4 Å². The normalized spacial score (nSPS) is 11.1. The van der Waals surface area contributed by atoms with Crippen LogP contribution in [0.25, 0.3) is 0 Å². The minimum absolute atomic E-state index is 0.175. The Kier molecular flexibility index (Phi) is 6.76. The van der Waals surface area contributed by atoms with Gasteiger partial charge in [0, 0.05) is 23.6 Å². The fraction of sp³-hybridized carbons (Fsp3) is 0.0952. The molecular weight excluding hydrogens is 395 g/mol. The van der Waals surface area contributed by atoms with Crippen LogP contribution in [0.5, 0.6) is 5.75 Å². The van der Waals surface area contributed by atoms with Crippen molar-refractivity contribution in [3.8, 4) is 5.75 Å². The van der Waals surface area contributed by atoms with Crippen LogP contribution in [0, 0.1) is 5.82 Å². The average molecular weight is 413 g/mol. The fourth-order valence-corrected chi connectivity index (χ4v) is 2.72. The number of carbonyl (C=O) groups excluding carboxylic acids is 1. The number of aromatic nitrogens is 1. The van der Waals surface area contributed by atoms with Crippen LogP contribution in [0.2, 0.25) is 5.02 Å². The summed E-state index contributed by atoms with van der Waals surface area (Å²) in [5.41, 5.74) is 1.63. The number of carbonyl (C=O) groups is 1. The zero-order chi connectivity index (χ0) is 20.6. The summed E-state index contributed by atoms with van der Waals surface area (Å²) in [7, 11) is 1.52. The molecule has 148 valence electrons. The number of guanidine groups is 1. The molecule has 0 saturated carbocycles. The lowest BCUT2D eigenvalue weighted by molar-refractivity contribution is 0.0976. The number of halogens is 2. The van der Waals surface area contributed by atoms with Crippen molar-refractivity contribution in [2.45, 2.75) is 6.54 Å². The molecule has 0 fully saturated rings. The summed E-state index contributed by atoms with van der Waals surface area (Å²) >= 11 is 6.16. The van der Waals surface area contributed by atoms with Crippen molar-refractivity contribution < 1.29 is 13.9 Å². The van der Waals surface area contributed by atoms with Gasteiger partial charge >= 0.3 is 0 Å². The SMILES string of the molecule is COc1ccc(NC(=NCc2cccnc2)NC(=O)c2cccc(F)c2)cc1Cl. The first-order chi connectivity index (χ1) is 14.0. The molecule has 0 spiro atoms. The first kappa shape index (κ1) is 20.3. The van der Waals surface area contributed by atoms with Crippen molar-refractivity contribution in [2.24, 2.45) is 4.99 Å². The number of nitrogens with zero attached hydrogens (tertiary/aromatic N) is 2. The highest BCUT2D eigenvalue weighted by Gasteiger charge is 2.11. The molecular formula is C21H18ClFN4O2. The van der Waals surface area contributed by atoms with E-state index in [-0.39, 0.29) is 18.1 Å². The lowest BCUT2D eigenvalue weighted by atomic mass is 10.2. The van der Waals surface area contributed by atoms with Gasteiger partial charge in [0.2, 0.25) is 5.96 Å². The molecule has 0 aliphatic heterocycles. The highest BCUT2D eigenvalue weighted by Crippen LogP contribution is 2.27. The molecule has 8 heteroatoms. The van der Waals surface area contributed by atoms with Gasteiger partial charge in [0.1, 0.15) is 11.6 Å². The lowest BCUT2D eigenvalue weighted by Crippen LogP contribution is -2.36. The molecule has 0 bridgehead atoms. The first-order valence-electron chi connectivity index (χ1n) is 8.66. The number of benzene rings is 2. The van der Waals surface area contributed by atoms with Crippen LogP contribution in [-0.4, -0.2) is 24.0 Å². The smallest absolute Gasteiger partial charge is 0.258 e. The second-order valence-corrected chi connectivity index (χ2v) is 6.37. The molecule has 6 nitrogen and oxygen atoms in total. The summed E-state index contributed by atoms with van der Waals surface area (Å²) in [4.78, 5) is 21.0. The quantitative estimate of drug-likeness (QED) is 0.484. The third kappa shape index (κ3) is 5.76. The van der Waals surface area contributed by atoms with Crippen molar-refractivity contribution >= 4 is 29.2 Å². The van der Waals surface area contributed by atoms with Crippen molar-refractivity contribution in [3.05, 3.63) is 89.0 Å². The van der Waals surface area contributed by atoms with Gasteiger partial charge in [0.25, 0.3) is 5.91 Å². The van der Waals surface area contributed by atoms with Crippen molar-refractivity contribution in [1.29, 1.82) is 0 Å². The lowest BCUT2D eigenvalue weighted by Gasteiger charge is -2.13. The van der Waals surface area contributed by atoms with Gasteiger partial charge in [-0.1, -0.05) is 23.7 Å². The van der Waals surface area contributed by atoms with E-state index < -0.39 is 11.7 Å². The molecule has 1 heterocycles. The number of anilines is 1. The summed E-state index contributed by atoms with van der Waals surface area (Å²) < 4.78 is 18.6. The molecule has 2 N–H and O–H groups in total. The van der Waals surface area contributed by atoms with Gasteiger partial charge in [0.05, 0.1) is 18.7 Å². The topological polar surface area (TPSA) is 75.6 Å². The molecule has 0 aliphatic rings. The molecule has 0 unspecified atom stereocenters. The number of nitrogens with one attached hydrogen (secondary N) is 2. The van der Waals surface area contributed by atoms with E-state index in [0.29, 0.717) is 16.5 Å². The molecule has 29 heavy (non-hydrogen) atoms. The average Bonchev–Trinajstić information content (AvgIpc) is 2.73. The Morgan fingerprint density at radius 3 is 2.76 bits per heavy atom. The highest BCUT2D eigenvalue weighted by atomic mass is 35.5. The van der Waals surface area contributed by atoms with Crippen molar-refractivity contribution in [3.63, 3.8) is 0 Å². The van der Waals surface area contributed by atoms with Crippen LogP contribution in [0.3, 0.4) is 0 Å². The van der Waals surface area contributed by atoms with Gasteiger partial charge in [-0.05, 0) is 48.0 Å². The Morgan fingerprint density at radius 2 is 2.07 bits per heavy atom. The van der Waals surface area contributed by atoms with E-state index >= 15 is 0 Å². The summed E-state index contributed by atoms with van der Waals surface area (Å²) in [6.45, 7) is 0.281. The van der Waals surface area contributed by atoms with E-state index in [2.05, 4.69) is 20.6 Å². The van der Waals surface area contributed by atoms with E-state index in [1.807, 2.05) is 6.07 Å². The Balaban J connectivity index is 1.82. The molecule has 0 aliphatic carbocycles. The third-order valence-electron chi connectivity index (χ3n) is 3.88. The minimum Gasteiger partial charge on any atom is -0.495 e. The summed E-state index contributed by atoms with van der Waals surface area (Å²) in [5.74, 6) is -0.290. The number of hydrogen-bond acceptors (Lipinski definition) is 4. The van der Waals surface area contributed by atoms with Gasteiger partial charge in [-0.25, -0.2) is 9.38 Å². The summed E-state index contributed by atoms with van der Waals surface area (Å²) in [6.07, 6.45) is 3.34. The van der Waals surface area contributed by atoms with Gasteiger partial charge in [0.15, 0.2) is 0 Å². The standard InChI is InChI=1S/C21H18ClFN4O2/c1-29-19-8-7-17(11-18(19)22)26-21(25-13-14-4-3-9-24-12-14)27-20(28)15-5-2-6-16(23)10-15/h2-12H,13H2,1H3,(H2,25,26,27,28). The molecule has 2 aromatic carbocycles. The van der Waals surface area contributed by atoms with Gasteiger partial charge < -0.3 is 10.1 Å². The molecule has 3 rings (SSSR count). The third-order valence-corrected chi connectivity index (χ3v) is 4.17. The molecule has 0 saturated heterocycles. The fourth-order valence-electron chi connectivity index (χ4n) is 2.46. The summed E-state index contributed by atoms with van der Waals surface area (Å²) in [5, 5.41) is 6.09. The molecule has 1 amide bonds. The monoisotopic (exact) mass is 412 g/mol. The number of ether oxygens (including phenoxy) is 1. The zero-order valence-corrected chi connectivity index (χ0v) is 16.3. The van der Waals surface area contributed by atoms with Crippen LogP contribution in [0.4, 0.5) is 10.1 Å². The van der Waals surface area contributed by atoms with E-state index in [0.717, 1.165) is 11.6 Å². The molecule has 0 radical (unpaired) electrons. The molecule has 1 aromatic heterocycles. The van der Waals surface area contributed by atoms with Crippen LogP contribution in [-0.2, 0) is 6.54 Å². The van der Waals surface area contributed by atoms with E-state index in [9.17, 15) is 9.18 Å². The van der Waals surface area contributed by atoms with E-state index in [4.69, 9.17) is 16.3 Å². The Bertz CT molecular complexity index is 1030. The Morgan fingerprint density at radius 1 is 1.21 bits per heavy atom. The molecule has 0 atom stereocenters. The maximum Gasteiger partial charge on any atom is 0.258 e. The van der Waals surface area contributed by atoms with Crippen LogP contribution >= 0.6 is 11.6 Å². The number of rotatable bonds is 5. The number of amides is 1. The van der Waals surface area contributed by atoms with Crippen LogP contribution in [0.15, 0.2) is 72.0 Å². The largest absolute Gasteiger partial charge is 0.495 e. The Labute approximate surface area is 172 Å². The zero-order valence-electron chi connectivity index (χ0n) is 15.5. The highest BCUT2D eigenvalue weighted by molar-refractivity contribution is 6.32. The predicted octanol–water partition coefficient (Wildman–Crippen LogP) is 4.28. The van der Waals surface area contributed by atoms with Crippen LogP contribution < -0.4 is 15.4 Å². The summed E-state index contributed by atoms with van der Waals surface area (Å²) in [6, 6.07) is 14.1.